The van der Waals surface area contributed by atoms with Gasteiger partial charge in [0.1, 0.15) is 0 Å². The van der Waals surface area contributed by atoms with Crippen molar-refractivity contribution in [2.45, 2.75) is 38.1 Å². The fourth-order valence-electron chi connectivity index (χ4n) is 3.22. The average Bonchev–Trinajstić information content (AvgIpc) is 2.50. The van der Waals surface area contributed by atoms with Crippen LogP contribution < -0.4 is 14.8 Å². The van der Waals surface area contributed by atoms with Gasteiger partial charge in [-0.15, -0.1) is 0 Å². The van der Waals surface area contributed by atoms with E-state index in [2.05, 4.69) is 27.3 Å². The summed E-state index contributed by atoms with van der Waals surface area (Å²) in [6.45, 7) is 0. The van der Waals surface area contributed by atoms with Crippen LogP contribution in [0.5, 0.6) is 11.5 Å². The molecule has 1 fully saturated rings. The molecule has 1 saturated carbocycles. The molecule has 0 radical (unpaired) electrons. The van der Waals surface area contributed by atoms with Crippen LogP contribution in [-0.2, 0) is 0 Å². The first-order valence-electron chi connectivity index (χ1n) is 7.30. The van der Waals surface area contributed by atoms with Gasteiger partial charge in [-0.3, -0.25) is 0 Å². The van der Waals surface area contributed by atoms with Gasteiger partial charge in [-0.1, -0.05) is 35.2 Å². The molecular weight excluding hydrogens is 318 g/mol. The van der Waals surface area contributed by atoms with Crippen molar-refractivity contribution < 1.29 is 9.47 Å². The number of hydrogen-bond donors (Lipinski definition) is 1. The first-order chi connectivity index (χ1) is 9.71. The molecule has 1 aliphatic carbocycles. The molecule has 0 saturated heterocycles. The van der Waals surface area contributed by atoms with E-state index in [1.54, 1.807) is 14.2 Å². The molecule has 0 bridgehead atoms. The minimum absolute atomic E-state index is 0.365. The number of benzene rings is 1. The van der Waals surface area contributed by atoms with Crippen molar-refractivity contribution in [3.8, 4) is 11.5 Å². The largest absolute Gasteiger partial charge is 0.493 e. The van der Waals surface area contributed by atoms with Gasteiger partial charge in [0, 0.05) is 10.5 Å². The molecule has 4 heteroatoms. The van der Waals surface area contributed by atoms with Gasteiger partial charge in [-0.25, -0.2) is 0 Å². The first kappa shape index (κ1) is 15.6. The Morgan fingerprint density at radius 3 is 2.25 bits per heavy atom. The van der Waals surface area contributed by atoms with E-state index < -0.39 is 0 Å². The van der Waals surface area contributed by atoms with Gasteiger partial charge >= 0.3 is 0 Å². The van der Waals surface area contributed by atoms with E-state index in [4.69, 9.17) is 9.47 Å². The second-order valence-corrected chi connectivity index (χ2v) is 6.25. The Morgan fingerprint density at radius 1 is 1.10 bits per heavy atom. The third-order valence-corrected chi connectivity index (χ3v) is 4.96. The number of methoxy groups -OCH3 is 2. The molecule has 3 nitrogen and oxygen atoms in total. The zero-order valence-electron chi connectivity index (χ0n) is 12.5. The van der Waals surface area contributed by atoms with Gasteiger partial charge in [0.25, 0.3) is 0 Å². The third-order valence-electron chi connectivity index (χ3n) is 4.27. The van der Waals surface area contributed by atoms with Crippen molar-refractivity contribution in [1.82, 2.24) is 5.32 Å². The molecule has 1 atom stereocenters. The average molecular weight is 342 g/mol. The fourth-order valence-corrected chi connectivity index (χ4v) is 3.79. The predicted octanol–water partition coefficient (Wildman–Crippen LogP) is 4.31. The van der Waals surface area contributed by atoms with Crippen LogP contribution in [0, 0.1) is 5.92 Å². The Balaban J connectivity index is 2.33. The molecule has 0 amide bonds. The van der Waals surface area contributed by atoms with Crippen molar-refractivity contribution in [3.63, 3.8) is 0 Å². The molecule has 1 aromatic carbocycles. The lowest BCUT2D eigenvalue weighted by atomic mass is 9.81. The van der Waals surface area contributed by atoms with Crippen LogP contribution in [0.4, 0.5) is 0 Å². The van der Waals surface area contributed by atoms with Crippen LogP contribution in [0.1, 0.15) is 43.7 Å². The Morgan fingerprint density at radius 2 is 1.70 bits per heavy atom. The number of rotatable bonds is 5. The first-order valence-corrected chi connectivity index (χ1v) is 8.09. The van der Waals surface area contributed by atoms with E-state index >= 15 is 0 Å². The summed E-state index contributed by atoms with van der Waals surface area (Å²) in [6.07, 6.45) is 6.65. The minimum Gasteiger partial charge on any atom is -0.493 e. The smallest absolute Gasteiger partial charge is 0.161 e. The van der Waals surface area contributed by atoms with Gasteiger partial charge in [-0.05, 0) is 43.5 Å². The van der Waals surface area contributed by atoms with Crippen LogP contribution in [-0.4, -0.2) is 21.3 Å². The number of nitrogens with one attached hydrogen (secondary N) is 1. The third kappa shape index (κ3) is 3.29. The lowest BCUT2D eigenvalue weighted by Gasteiger charge is -2.31. The summed E-state index contributed by atoms with van der Waals surface area (Å²) in [5.74, 6) is 2.26. The highest BCUT2D eigenvalue weighted by Crippen LogP contribution is 2.41. The number of halogens is 1. The van der Waals surface area contributed by atoms with Crippen LogP contribution in [0.15, 0.2) is 16.6 Å². The Labute approximate surface area is 130 Å². The Bertz CT molecular complexity index is 444. The summed E-state index contributed by atoms with van der Waals surface area (Å²) in [7, 11) is 5.40. The van der Waals surface area contributed by atoms with Gasteiger partial charge in [0.2, 0.25) is 0 Å². The zero-order valence-corrected chi connectivity index (χ0v) is 14.1. The normalized spacial score (nSPS) is 17.8. The maximum Gasteiger partial charge on any atom is 0.161 e. The monoisotopic (exact) mass is 341 g/mol. The van der Waals surface area contributed by atoms with Crippen LogP contribution in [0.25, 0.3) is 0 Å². The lowest BCUT2D eigenvalue weighted by molar-refractivity contribution is 0.280. The molecule has 0 aliphatic heterocycles. The molecule has 2 rings (SSSR count). The summed E-state index contributed by atoms with van der Waals surface area (Å²) >= 11 is 3.68. The molecule has 1 aromatic rings. The topological polar surface area (TPSA) is 30.5 Å². The van der Waals surface area contributed by atoms with E-state index in [9.17, 15) is 0 Å². The molecule has 1 unspecified atom stereocenters. The highest BCUT2D eigenvalue weighted by atomic mass is 79.9. The molecule has 0 aromatic heterocycles. The van der Waals surface area contributed by atoms with Crippen LogP contribution in [0.3, 0.4) is 0 Å². The van der Waals surface area contributed by atoms with Gasteiger partial charge in [0.15, 0.2) is 11.5 Å². The quantitative estimate of drug-likeness (QED) is 0.865. The van der Waals surface area contributed by atoms with Crippen LogP contribution >= 0.6 is 15.9 Å². The second kappa shape index (κ2) is 7.32. The maximum atomic E-state index is 5.44. The molecule has 1 N–H and O–H groups in total. The Kier molecular flexibility index (Phi) is 5.73. The Hall–Kier alpha value is -0.740. The summed E-state index contributed by atoms with van der Waals surface area (Å²) in [5, 5.41) is 3.49. The standard InChI is InChI=1S/C16H24BrNO2/c1-18-16(11-7-5-4-6-8-11)12-9-14(19-2)15(20-3)10-13(12)17/h9-11,16,18H,4-8H2,1-3H3. The van der Waals surface area contributed by atoms with E-state index in [0.717, 1.165) is 16.0 Å². The summed E-state index contributed by atoms with van der Waals surface area (Å²) in [6, 6.07) is 4.46. The van der Waals surface area contributed by atoms with Crippen molar-refractivity contribution in [1.29, 1.82) is 0 Å². The molecule has 20 heavy (non-hydrogen) atoms. The van der Waals surface area contributed by atoms with Crippen molar-refractivity contribution in [3.05, 3.63) is 22.2 Å². The second-order valence-electron chi connectivity index (χ2n) is 5.39. The minimum atomic E-state index is 0.365. The summed E-state index contributed by atoms with van der Waals surface area (Å²) < 4.78 is 11.9. The van der Waals surface area contributed by atoms with Crippen molar-refractivity contribution >= 4 is 15.9 Å². The van der Waals surface area contributed by atoms with Crippen molar-refractivity contribution in [2.75, 3.05) is 21.3 Å². The van der Waals surface area contributed by atoms with E-state index in [1.807, 2.05) is 13.1 Å². The fraction of sp³-hybridized carbons (Fsp3) is 0.625. The molecule has 112 valence electrons. The van der Waals surface area contributed by atoms with E-state index in [1.165, 1.54) is 37.7 Å². The lowest BCUT2D eigenvalue weighted by Crippen LogP contribution is -2.27. The highest BCUT2D eigenvalue weighted by molar-refractivity contribution is 9.10. The van der Waals surface area contributed by atoms with Gasteiger partial charge in [-0.2, -0.15) is 0 Å². The number of ether oxygens (including phenoxy) is 2. The van der Waals surface area contributed by atoms with Crippen LogP contribution in [0.2, 0.25) is 0 Å². The zero-order chi connectivity index (χ0) is 14.5. The highest BCUT2D eigenvalue weighted by Gasteiger charge is 2.26. The molecule has 0 spiro atoms. The summed E-state index contributed by atoms with van der Waals surface area (Å²) in [5.41, 5.74) is 1.26. The van der Waals surface area contributed by atoms with Crippen molar-refractivity contribution in [2.24, 2.45) is 5.92 Å². The predicted molar refractivity (Wildman–Crippen MR) is 85.6 cm³/mol. The number of hydrogen-bond acceptors (Lipinski definition) is 3. The SMILES string of the molecule is CNC(c1cc(OC)c(OC)cc1Br)C1CCCCC1. The maximum absolute atomic E-state index is 5.44. The van der Waals surface area contributed by atoms with Gasteiger partial charge in [0.05, 0.1) is 14.2 Å². The molecule has 1 aliphatic rings. The summed E-state index contributed by atoms with van der Waals surface area (Å²) in [4.78, 5) is 0. The van der Waals surface area contributed by atoms with Gasteiger partial charge < -0.3 is 14.8 Å². The van der Waals surface area contributed by atoms with E-state index in [-0.39, 0.29) is 0 Å². The molecule has 0 heterocycles. The molecular formula is C16H24BrNO2. The van der Waals surface area contributed by atoms with E-state index in [0.29, 0.717) is 12.0 Å².